The zero-order valence-corrected chi connectivity index (χ0v) is 22.1. The van der Waals surface area contributed by atoms with Crippen molar-refractivity contribution in [2.45, 2.75) is 56.2 Å². The molecule has 1 unspecified atom stereocenters. The fourth-order valence-electron chi connectivity index (χ4n) is 6.24. The van der Waals surface area contributed by atoms with Crippen LogP contribution >= 0.6 is 0 Å². The number of hydrogen-bond acceptors (Lipinski definition) is 5. The number of azo groups is 1. The summed E-state index contributed by atoms with van der Waals surface area (Å²) in [5.74, 6) is -1.14. The van der Waals surface area contributed by atoms with Gasteiger partial charge in [-0.3, -0.25) is 14.6 Å². The van der Waals surface area contributed by atoms with Gasteiger partial charge in [0.05, 0.1) is 42.1 Å². The number of ether oxygens (including phenoxy) is 1. The first-order valence-electron chi connectivity index (χ1n) is 13.5. The van der Waals surface area contributed by atoms with E-state index in [1.54, 1.807) is 12.5 Å². The van der Waals surface area contributed by atoms with Crippen LogP contribution in [0.25, 0.3) is 0 Å². The number of amides is 1. The van der Waals surface area contributed by atoms with E-state index in [1.807, 2.05) is 36.7 Å². The number of carbonyl (C=O) groups is 1. The highest BCUT2D eigenvalue weighted by molar-refractivity contribution is 5.93. The number of nitrogens with zero attached hydrogens (tertiary/aromatic N) is 5. The Morgan fingerprint density at radius 2 is 2.08 bits per heavy atom. The Kier molecular flexibility index (Phi) is 6.58. The van der Waals surface area contributed by atoms with Gasteiger partial charge in [-0.1, -0.05) is 30.7 Å². The van der Waals surface area contributed by atoms with E-state index in [-0.39, 0.29) is 23.1 Å². The molecule has 1 amide bonds. The maximum Gasteiger partial charge on any atom is 0.418 e. The lowest BCUT2D eigenvalue weighted by molar-refractivity contribution is -0.477. The topological polar surface area (TPSA) is 60.5 Å². The lowest BCUT2D eigenvalue weighted by Gasteiger charge is -2.42. The van der Waals surface area contributed by atoms with E-state index in [2.05, 4.69) is 21.2 Å². The minimum absolute atomic E-state index is 0.0159. The molecule has 6 rings (SSSR count). The molecule has 1 radical (unpaired) electrons. The van der Waals surface area contributed by atoms with Crippen molar-refractivity contribution in [3.05, 3.63) is 76.8 Å². The van der Waals surface area contributed by atoms with Gasteiger partial charge >= 0.3 is 18.7 Å². The van der Waals surface area contributed by atoms with Crippen LogP contribution in [0.15, 0.2) is 69.7 Å². The van der Waals surface area contributed by atoms with E-state index in [1.165, 1.54) is 17.1 Å². The van der Waals surface area contributed by atoms with Crippen molar-refractivity contribution < 1.29 is 27.3 Å². The molecular weight excluding hydrogens is 507 g/mol. The number of benzene rings is 1. The molecule has 4 heterocycles. The van der Waals surface area contributed by atoms with Crippen LogP contribution < -0.4 is 0 Å². The van der Waals surface area contributed by atoms with Gasteiger partial charge in [-0.05, 0) is 53.7 Å². The molecule has 2 fully saturated rings. The van der Waals surface area contributed by atoms with Crippen molar-refractivity contribution in [2.24, 2.45) is 10.2 Å². The van der Waals surface area contributed by atoms with Gasteiger partial charge in [-0.15, -0.1) is 0 Å². The van der Waals surface area contributed by atoms with E-state index in [4.69, 9.17) is 4.74 Å². The Morgan fingerprint density at radius 3 is 2.74 bits per heavy atom. The van der Waals surface area contributed by atoms with Gasteiger partial charge in [-0.2, -0.15) is 13.2 Å². The predicted octanol–water partition coefficient (Wildman–Crippen LogP) is 5.04. The molecule has 0 spiro atoms. The molecule has 7 nitrogen and oxygen atoms in total. The molecule has 39 heavy (non-hydrogen) atoms. The lowest BCUT2D eigenvalue weighted by Crippen LogP contribution is -2.42. The SMILES string of the molecule is C[C@@H]1CN(CC2=CN3C(=O)C(c4cccc(C5(C[C]6N=NC=[N+]6C)CCC5)c4)C=C3C(C(F)(F)F)=C2)CCO1. The Hall–Kier alpha value is -3.11. The summed E-state index contributed by atoms with van der Waals surface area (Å²) >= 11 is 0. The molecule has 1 aromatic rings. The molecule has 1 aromatic carbocycles. The zero-order valence-electron chi connectivity index (χ0n) is 22.1. The van der Waals surface area contributed by atoms with Crippen LogP contribution in [0.5, 0.6) is 0 Å². The van der Waals surface area contributed by atoms with Gasteiger partial charge in [0.25, 0.3) is 0 Å². The highest BCUT2D eigenvalue weighted by atomic mass is 19.4. The van der Waals surface area contributed by atoms with Gasteiger partial charge in [-0.25, -0.2) is 4.58 Å². The van der Waals surface area contributed by atoms with Crippen LogP contribution in [0.2, 0.25) is 0 Å². The molecule has 0 bridgehead atoms. The van der Waals surface area contributed by atoms with Crippen LogP contribution in [-0.4, -0.2) is 72.2 Å². The van der Waals surface area contributed by atoms with Gasteiger partial charge in [0.2, 0.25) is 5.91 Å². The molecule has 2 atom stereocenters. The van der Waals surface area contributed by atoms with Crippen molar-refractivity contribution >= 4 is 12.2 Å². The zero-order chi connectivity index (χ0) is 27.4. The summed E-state index contributed by atoms with van der Waals surface area (Å²) in [6.07, 6.45) is 6.06. The number of halogens is 3. The largest absolute Gasteiger partial charge is 0.418 e. The number of carbonyl (C=O) groups excluding carboxylic acids is 1. The number of rotatable bonds is 6. The van der Waals surface area contributed by atoms with E-state index in [0.717, 1.165) is 37.4 Å². The molecular formula is C29H32F3N5O2+. The second kappa shape index (κ2) is 9.82. The number of allylic oxidation sites excluding steroid dienone is 1. The number of morpholine rings is 1. The minimum atomic E-state index is -4.58. The normalized spacial score (nSPS) is 27.1. The molecule has 205 valence electrons. The molecule has 4 aliphatic heterocycles. The standard InChI is InChI=1S/C29H32F3N5O2/c1-19-15-36(9-10-39-19)16-20-11-24(29(30,31)32)25-13-23(27(38)37(25)17-20)21-5-3-6-22(12-21)28(7-4-8-28)14-26-34-33-18-35(26)2/h3,5-6,11-13,17-19,23H,4,7-10,14-16H2,1-2H3/q+1/t19-,23?/m1/s1. The third-order valence-corrected chi connectivity index (χ3v) is 8.50. The van der Waals surface area contributed by atoms with Gasteiger partial charge < -0.3 is 4.74 Å². The lowest BCUT2D eigenvalue weighted by atomic mass is 9.61. The average Bonchev–Trinajstić information content (AvgIpc) is 3.43. The Balaban J connectivity index is 1.29. The van der Waals surface area contributed by atoms with E-state index < -0.39 is 17.7 Å². The van der Waals surface area contributed by atoms with Crippen molar-refractivity contribution in [3.63, 3.8) is 0 Å². The van der Waals surface area contributed by atoms with E-state index >= 15 is 0 Å². The maximum atomic E-state index is 14.2. The van der Waals surface area contributed by atoms with Crippen LogP contribution in [0.3, 0.4) is 0 Å². The first-order valence-corrected chi connectivity index (χ1v) is 13.5. The van der Waals surface area contributed by atoms with Crippen LogP contribution in [0.4, 0.5) is 13.2 Å². The summed E-state index contributed by atoms with van der Waals surface area (Å²) < 4.78 is 50.1. The smallest absolute Gasteiger partial charge is 0.376 e. The third-order valence-electron chi connectivity index (χ3n) is 8.50. The highest BCUT2D eigenvalue weighted by Crippen LogP contribution is 2.50. The maximum absolute atomic E-state index is 14.2. The predicted molar refractivity (Wildman–Crippen MR) is 139 cm³/mol. The summed E-state index contributed by atoms with van der Waals surface area (Å²) in [6.45, 7) is 4.08. The van der Waals surface area contributed by atoms with E-state index in [0.29, 0.717) is 37.4 Å². The molecule has 1 saturated heterocycles. The third kappa shape index (κ3) is 4.89. The van der Waals surface area contributed by atoms with Crippen LogP contribution in [-0.2, 0) is 14.9 Å². The van der Waals surface area contributed by atoms with Crippen molar-refractivity contribution in [2.75, 3.05) is 33.3 Å². The number of hydrogen-bond donors (Lipinski definition) is 0. The summed E-state index contributed by atoms with van der Waals surface area (Å²) in [5.41, 5.74) is 1.30. The average molecular weight is 540 g/mol. The molecule has 0 aromatic heterocycles. The number of alkyl halides is 3. The molecule has 5 aliphatic rings. The fraction of sp³-hybridized carbons (Fsp3) is 0.483. The van der Waals surface area contributed by atoms with Crippen LogP contribution in [0.1, 0.15) is 49.7 Å². The summed E-state index contributed by atoms with van der Waals surface area (Å²) in [6, 6.07) is 7.81. The fourth-order valence-corrected chi connectivity index (χ4v) is 6.24. The molecule has 0 N–H and O–H groups in total. The highest BCUT2D eigenvalue weighted by Gasteiger charge is 2.47. The van der Waals surface area contributed by atoms with Gasteiger partial charge in [0, 0.05) is 37.7 Å². The molecule has 1 aliphatic carbocycles. The minimum Gasteiger partial charge on any atom is -0.376 e. The molecule has 1 saturated carbocycles. The van der Waals surface area contributed by atoms with Crippen molar-refractivity contribution in [1.82, 2.24) is 9.80 Å². The monoisotopic (exact) mass is 539 g/mol. The Morgan fingerprint density at radius 1 is 1.26 bits per heavy atom. The summed E-state index contributed by atoms with van der Waals surface area (Å²) in [4.78, 5) is 16.9. The molecule has 10 heteroatoms. The van der Waals surface area contributed by atoms with Gasteiger partial charge in [0.1, 0.15) is 0 Å². The van der Waals surface area contributed by atoms with Crippen molar-refractivity contribution in [1.29, 1.82) is 0 Å². The first kappa shape index (κ1) is 26.1. The summed E-state index contributed by atoms with van der Waals surface area (Å²) in [7, 11) is 1.92. The van der Waals surface area contributed by atoms with Gasteiger partial charge in [0.15, 0.2) is 0 Å². The van der Waals surface area contributed by atoms with Crippen LogP contribution in [0, 0.1) is 6.17 Å². The Labute approximate surface area is 226 Å². The number of fused-ring (bicyclic) bond motifs is 1. The van der Waals surface area contributed by atoms with Crippen molar-refractivity contribution in [3.8, 4) is 0 Å². The first-order chi connectivity index (χ1) is 18.6. The van der Waals surface area contributed by atoms with E-state index in [9.17, 15) is 18.0 Å². The second-order valence-electron chi connectivity index (χ2n) is 11.2. The summed E-state index contributed by atoms with van der Waals surface area (Å²) in [5, 5.41) is 8.27. The quantitative estimate of drug-likeness (QED) is 0.476. The Bertz CT molecular complexity index is 1320. The second-order valence-corrected chi connectivity index (χ2v) is 11.2.